The Balaban J connectivity index is 2.73. The maximum absolute atomic E-state index is 12.0. The molecule has 1 atom stereocenters. The van der Waals surface area contributed by atoms with E-state index in [9.17, 15) is 13.2 Å². The zero-order valence-electron chi connectivity index (χ0n) is 8.62. The van der Waals surface area contributed by atoms with E-state index in [0.29, 0.717) is 12.2 Å². The highest BCUT2D eigenvalue weighted by Crippen LogP contribution is 2.16. The molecule has 4 nitrogen and oxygen atoms in total. The van der Waals surface area contributed by atoms with Gasteiger partial charge in [0.05, 0.1) is 30.8 Å². The highest BCUT2D eigenvalue weighted by Gasteiger charge is 2.29. The van der Waals surface area contributed by atoms with Crippen LogP contribution in [-0.2, 0) is 6.54 Å². The number of nitrogens with zero attached hydrogens (tertiary/aromatic N) is 3. The molecule has 0 spiro atoms. The molecule has 1 unspecified atom stereocenters. The maximum atomic E-state index is 12.0. The van der Waals surface area contributed by atoms with Crippen LogP contribution in [-0.4, -0.2) is 22.3 Å². The summed E-state index contributed by atoms with van der Waals surface area (Å²) in [5.41, 5.74) is 0.439. The number of nitrogens with one attached hydrogen (secondary N) is 1. The molecule has 0 saturated heterocycles. The zero-order valence-corrected chi connectivity index (χ0v) is 8.62. The van der Waals surface area contributed by atoms with Gasteiger partial charge in [0.25, 0.3) is 0 Å². The van der Waals surface area contributed by atoms with Gasteiger partial charge in [0, 0.05) is 6.54 Å². The summed E-state index contributed by atoms with van der Waals surface area (Å²) in [6.07, 6.45) is -1.46. The van der Waals surface area contributed by atoms with Gasteiger partial charge in [-0.15, -0.1) is 0 Å². The quantitative estimate of drug-likeness (QED) is 0.858. The van der Waals surface area contributed by atoms with Crippen molar-refractivity contribution in [1.29, 1.82) is 5.26 Å². The van der Waals surface area contributed by atoms with Crippen molar-refractivity contribution in [3.8, 4) is 6.07 Å². The predicted molar refractivity (Wildman–Crippen MR) is 50.3 cm³/mol. The largest absolute Gasteiger partial charge is 0.401 e. The first-order chi connectivity index (χ1) is 7.48. The van der Waals surface area contributed by atoms with E-state index in [1.54, 1.807) is 10.6 Å². The normalized spacial score (nSPS) is 13.4. The Morgan fingerprint density at radius 3 is 2.81 bits per heavy atom. The van der Waals surface area contributed by atoms with Crippen LogP contribution in [0.4, 0.5) is 13.2 Å². The minimum absolute atomic E-state index is 0.439. The van der Waals surface area contributed by atoms with Crippen molar-refractivity contribution in [2.24, 2.45) is 0 Å². The van der Waals surface area contributed by atoms with Gasteiger partial charge >= 0.3 is 6.18 Å². The van der Waals surface area contributed by atoms with Gasteiger partial charge in [-0.2, -0.15) is 18.4 Å². The van der Waals surface area contributed by atoms with Crippen molar-refractivity contribution in [2.75, 3.05) is 6.54 Å². The summed E-state index contributed by atoms with van der Waals surface area (Å²) in [4.78, 5) is 3.80. The molecule has 0 amide bonds. The van der Waals surface area contributed by atoms with E-state index >= 15 is 0 Å². The van der Waals surface area contributed by atoms with Gasteiger partial charge in [0.1, 0.15) is 6.04 Å². The van der Waals surface area contributed by atoms with E-state index in [2.05, 4.69) is 10.3 Å². The Labute approximate surface area is 90.7 Å². The number of alkyl halides is 3. The smallest absolute Gasteiger partial charge is 0.333 e. The van der Waals surface area contributed by atoms with Gasteiger partial charge in [-0.3, -0.25) is 5.32 Å². The molecule has 1 rings (SSSR count). The maximum Gasteiger partial charge on any atom is 0.401 e. The first-order valence-electron chi connectivity index (χ1n) is 4.67. The van der Waals surface area contributed by atoms with E-state index in [1.807, 2.05) is 6.92 Å². The van der Waals surface area contributed by atoms with Crippen LogP contribution in [0.15, 0.2) is 12.5 Å². The van der Waals surface area contributed by atoms with E-state index in [4.69, 9.17) is 5.26 Å². The topological polar surface area (TPSA) is 53.6 Å². The van der Waals surface area contributed by atoms with Crippen molar-refractivity contribution in [3.05, 3.63) is 18.2 Å². The first-order valence-corrected chi connectivity index (χ1v) is 4.67. The molecule has 0 bridgehead atoms. The zero-order chi connectivity index (χ0) is 12.2. The van der Waals surface area contributed by atoms with Crippen LogP contribution in [0, 0.1) is 11.3 Å². The minimum Gasteiger partial charge on any atom is -0.333 e. The molecule has 1 aromatic rings. The standard InChI is InChI=1S/C9H11F3N4/c1-2-16-6-14-4-8(16)7(3-13)15-5-9(10,11)12/h4,6-7,15H,2,5H2,1H3. The monoisotopic (exact) mass is 232 g/mol. The van der Waals surface area contributed by atoms with Crippen molar-refractivity contribution >= 4 is 0 Å². The summed E-state index contributed by atoms with van der Waals surface area (Å²) in [7, 11) is 0. The van der Waals surface area contributed by atoms with Gasteiger partial charge < -0.3 is 4.57 Å². The molecule has 7 heteroatoms. The van der Waals surface area contributed by atoms with Crippen LogP contribution in [0.2, 0.25) is 0 Å². The molecule has 0 aliphatic rings. The van der Waals surface area contributed by atoms with Crippen LogP contribution >= 0.6 is 0 Å². The second-order valence-electron chi connectivity index (χ2n) is 3.16. The van der Waals surface area contributed by atoms with Gasteiger partial charge in [0.15, 0.2) is 0 Å². The number of hydrogen-bond donors (Lipinski definition) is 1. The molecule has 0 aliphatic heterocycles. The molecule has 0 fully saturated rings. The summed E-state index contributed by atoms with van der Waals surface area (Å²) in [6.45, 7) is 1.19. The number of halogens is 3. The lowest BCUT2D eigenvalue weighted by Gasteiger charge is -2.14. The summed E-state index contributed by atoms with van der Waals surface area (Å²) in [6, 6.07) is 0.784. The molecule has 1 N–H and O–H groups in total. The fraction of sp³-hybridized carbons (Fsp3) is 0.556. The van der Waals surface area contributed by atoms with Gasteiger partial charge in [0.2, 0.25) is 0 Å². The third kappa shape index (κ3) is 3.24. The fourth-order valence-corrected chi connectivity index (χ4v) is 1.27. The number of aryl methyl sites for hydroxylation is 1. The van der Waals surface area contributed by atoms with E-state index < -0.39 is 18.8 Å². The molecule has 1 aromatic heterocycles. The third-order valence-electron chi connectivity index (χ3n) is 2.02. The number of hydrogen-bond acceptors (Lipinski definition) is 3. The molecule has 0 saturated carbocycles. The molecule has 0 radical (unpaired) electrons. The number of aromatic nitrogens is 2. The lowest BCUT2D eigenvalue weighted by Crippen LogP contribution is -2.32. The SMILES string of the molecule is CCn1cncc1C(C#N)NCC(F)(F)F. The van der Waals surface area contributed by atoms with Gasteiger partial charge in [-0.05, 0) is 6.92 Å². The lowest BCUT2D eigenvalue weighted by atomic mass is 10.2. The van der Waals surface area contributed by atoms with Gasteiger partial charge in [-0.25, -0.2) is 4.98 Å². The summed E-state index contributed by atoms with van der Waals surface area (Å²) in [5.74, 6) is 0. The predicted octanol–water partition coefficient (Wildman–Crippen LogP) is 1.62. The summed E-state index contributed by atoms with van der Waals surface area (Å²) >= 11 is 0. The van der Waals surface area contributed by atoms with E-state index in [0.717, 1.165) is 0 Å². The van der Waals surface area contributed by atoms with Crippen LogP contribution < -0.4 is 5.32 Å². The average molecular weight is 232 g/mol. The van der Waals surface area contributed by atoms with E-state index in [1.165, 1.54) is 12.5 Å². The average Bonchev–Trinajstić information content (AvgIpc) is 2.65. The fourth-order valence-electron chi connectivity index (χ4n) is 1.27. The van der Waals surface area contributed by atoms with Crippen molar-refractivity contribution in [2.45, 2.75) is 25.7 Å². The Kier molecular flexibility index (Phi) is 3.90. The van der Waals surface area contributed by atoms with Crippen LogP contribution in [0.1, 0.15) is 18.7 Å². The molecule has 88 valence electrons. The van der Waals surface area contributed by atoms with Crippen molar-refractivity contribution < 1.29 is 13.2 Å². The molecule has 0 aromatic carbocycles. The Morgan fingerprint density at radius 1 is 1.62 bits per heavy atom. The number of imidazole rings is 1. The Morgan fingerprint density at radius 2 is 2.31 bits per heavy atom. The summed E-state index contributed by atoms with van der Waals surface area (Å²) < 4.78 is 37.6. The van der Waals surface area contributed by atoms with E-state index in [-0.39, 0.29) is 0 Å². The summed E-state index contributed by atoms with van der Waals surface area (Å²) in [5, 5.41) is 10.9. The van der Waals surface area contributed by atoms with Crippen LogP contribution in [0.3, 0.4) is 0 Å². The molecule has 1 heterocycles. The highest BCUT2D eigenvalue weighted by molar-refractivity contribution is 5.13. The third-order valence-corrected chi connectivity index (χ3v) is 2.02. The number of nitriles is 1. The van der Waals surface area contributed by atoms with Gasteiger partial charge in [-0.1, -0.05) is 0 Å². The second-order valence-corrected chi connectivity index (χ2v) is 3.16. The highest BCUT2D eigenvalue weighted by atomic mass is 19.4. The Bertz CT molecular complexity index is 377. The molecule has 0 aliphatic carbocycles. The Hall–Kier alpha value is -1.55. The lowest BCUT2D eigenvalue weighted by molar-refractivity contribution is -0.125. The van der Waals surface area contributed by atoms with Crippen molar-refractivity contribution in [1.82, 2.24) is 14.9 Å². The van der Waals surface area contributed by atoms with Crippen molar-refractivity contribution in [3.63, 3.8) is 0 Å². The second kappa shape index (κ2) is 4.99. The molecule has 16 heavy (non-hydrogen) atoms. The molecular weight excluding hydrogens is 221 g/mol. The van der Waals surface area contributed by atoms with Crippen LogP contribution in [0.5, 0.6) is 0 Å². The number of rotatable bonds is 4. The first kappa shape index (κ1) is 12.5. The molecular formula is C9H11F3N4. The van der Waals surface area contributed by atoms with Crippen LogP contribution in [0.25, 0.3) is 0 Å². The minimum atomic E-state index is -4.33.